The molecule has 0 aliphatic carbocycles. The fraction of sp³-hybridized carbons (Fsp3) is 0.250. The van der Waals surface area contributed by atoms with Gasteiger partial charge in [-0.15, -0.1) is 0 Å². The number of carbonyl (C=O) groups is 1. The fourth-order valence-corrected chi connectivity index (χ4v) is 4.20. The lowest BCUT2D eigenvalue weighted by Crippen LogP contribution is -2.32. The maximum absolute atomic E-state index is 13.0. The number of aromatic nitrogens is 1. The van der Waals surface area contributed by atoms with Crippen LogP contribution < -0.4 is 5.56 Å². The van der Waals surface area contributed by atoms with Gasteiger partial charge in [-0.3, -0.25) is 4.79 Å². The Morgan fingerprint density at radius 1 is 0.935 bits per heavy atom. The molecule has 0 amide bonds. The molecular formula is C24H25NO5S. The first kappa shape index (κ1) is 22.5. The standard InChI is InChI=1S/C24H25NO5S/c1-18(2)31(28,29)21-13-14-25(23(26)16-21)22(15-19-9-5-3-6-10-19)24(27)30-17-20-11-7-4-8-12-20/h3-14,16,18,22H,15,17H2,1-2H3/t22-/m0/s1. The van der Waals surface area contributed by atoms with Crippen molar-refractivity contribution in [3.63, 3.8) is 0 Å². The number of carbonyl (C=O) groups excluding carboxylic acids is 1. The lowest BCUT2D eigenvalue weighted by molar-refractivity contribution is -0.149. The monoisotopic (exact) mass is 439 g/mol. The smallest absolute Gasteiger partial charge is 0.329 e. The fourth-order valence-electron chi connectivity index (χ4n) is 3.14. The molecule has 1 heterocycles. The van der Waals surface area contributed by atoms with E-state index in [4.69, 9.17) is 4.74 Å². The van der Waals surface area contributed by atoms with E-state index in [1.807, 2.05) is 60.7 Å². The second kappa shape index (κ2) is 9.75. The van der Waals surface area contributed by atoms with Crippen LogP contribution in [0.4, 0.5) is 0 Å². The van der Waals surface area contributed by atoms with E-state index in [9.17, 15) is 18.0 Å². The van der Waals surface area contributed by atoms with Crippen molar-refractivity contribution in [2.45, 2.75) is 43.1 Å². The minimum absolute atomic E-state index is 0.0557. The first-order valence-corrected chi connectivity index (χ1v) is 11.5. The van der Waals surface area contributed by atoms with Crippen molar-refractivity contribution in [2.75, 3.05) is 0 Å². The van der Waals surface area contributed by atoms with Crippen LogP contribution in [0.1, 0.15) is 31.0 Å². The van der Waals surface area contributed by atoms with Gasteiger partial charge in [0.05, 0.1) is 10.1 Å². The average Bonchev–Trinajstić information content (AvgIpc) is 2.77. The van der Waals surface area contributed by atoms with Crippen molar-refractivity contribution in [1.29, 1.82) is 0 Å². The summed E-state index contributed by atoms with van der Waals surface area (Å²) in [5.41, 5.74) is 1.12. The molecule has 31 heavy (non-hydrogen) atoms. The van der Waals surface area contributed by atoms with E-state index >= 15 is 0 Å². The number of nitrogens with zero attached hydrogens (tertiary/aromatic N) is 1. The van der Waals surface area contributed by atoms with Crippen LogP contribution >= 0.6 is 0 Å². The Morgan fingerprint density at radius 3 is 2.06 bits per heavy atom. The number of hydrogen-bond donors (Lipinski definition) is 0. The Kier molecular flexibility index (Phi) is 7.07. The molecule has 3 aromatic rings. The van der Waals surface area contributed by atoms with Crippen LogP contribution in [0.15, 0.2) is 88.7 Å². The summed E-state index contributed by atoms with van der Waals surface area (Å²) in [5.74, 6) is -0.561. The highest BCUT2D eigenvalue weighted by molar-refractivity contribution is 7.92. The van der Waals surface area contributed by atoms with Crippen molar-refractivity contribution in [2.24, 2.45) is 0 Å². The number of benzene rings is 2. The van der Waals surface area contributed by atoms with Crippen LogP contribution in [0.3, 0.4) is 0 Å². The molecule has 0 radical (unpaired) electrons. The van der Waals surface area contributed by atoms with E-state index in [-0.39, 0.29) is 17.9 Å². The summed E-state index contributed by atoms with van der Waals surface area (Å²) in [7, 11) is -3.60. The van der Waals surface area contributed by atoms with Gasteiger partial charge >= 0.3 is 5.97 Å². The van der Waals surface area contributed by atoms with Crippen molar-refractivity contribution >= 4 is 15.8 Å². The zero-order chi connectivity index (χ0) is 22.4. The molecule has 0 bridgehead atoms. The molecule has 1 aromatic heterocycles. The summed E-state index contributed by atoms with van der Waals surface area (Å²) < 4.78 is 31.5. The minimum Gasteiger partial charge on any atom is -0.459 e. The SMILES string of the molecule is CC(C)S(=O)(=O)c1ccn([C@@H](Cc2ccccc2)C(=O)OCc2ccccc2)c(=O)c1. The zero-order valence-corrected chi connectivity index (χ0v) is 18.3. The third-order valence-corrected chi connectivity index (χ3v) is 7.12. The summed E-state index contributed by atoms with van der Waals surface area (Å²) in [4.78, 5) is 25.7. The highest BCUT2D eigenvalue weighted by atomic mass is 32.2. The first-order chi connectivity index (χ1) is 14.8. The first-order valence-electron chi connectivity index (χ1n) is 9.99. The number of hydrogen-bond acceptors (Lipinski definition) is 5. The Hall–Kier alpha value is -3.19. The van der Waals surface area contributed by atoms with Gasteiger partial charge < -0.3 is 9.30 Å². The summed E-state index contributed by atoms with van der Waals surface area (Å²) in [6.07, 6.45) is 1.60. The van der Waals surface area contributed by atoms with Crippen LogP contribution in [-0.4, -0.2) is 24.2 Å². The van der Waals surface area contributed by atoms with Gasteiger partial charge in [0.2, 0.25) is 0 Å². The van der Waals surface area contributed by atoms with Gasteiger partial charge in [0.1, 0.15) is 12.6 Å². The summed E-state index contributed by atoms with van der Waals surface area (Å²) in [5, 5.41) is -0.654. The Bertz CT molecular complexity index is 1190. The summed E-state index contributed by atoms with van der Waals surface area (Å²) in [6, 6.07) is 20.1. The normalized spacial score (nSPS) is 12.5. The molecule has 1 atom stereocenters. The molecule has 0 fully saturated rings. The van der Waals surface area contributed by atoms with E-state index in [1.165, 1.54) is 16.8 Å². The predicted molar refractivity (Wildman–Crippen MR) is 118 cm³/mol. The molecule has 2 aromatic carbocycles. The molecule has 0 N–H and O–H groups in total. The Morgan fingerprint density at radius 2 is 1.52 bits per heavy atom. The average molecular weight is 440 g/mol. The quantitative estimate of drug-likeness (QED) is 0.501. The largest absolute Gasteiger partial charge is 0.459 e. The number of ether oxygens (including phenoxy) is 1. The van der Waals surface area contributed by atoms with Gasteiger partial charge in [-0.25, -0.2) is 13.2 Å². The van der Waals surface area contributed by atoms with Crippen LogP contribution in [0.5, 0.6) is 0 Å². The maximum atomic E-state index is 13.0. The molecule has 0 saturated heterocycles. The van der Waals surface area contributed by atoms with E-state index in [1.54, 1.807) is 13.8 Å². The van der Waals surface area contributed by atoms with Gasteiger partial charge in [-0.2, -0.15) is 0 Å². The number of esters is 1. The van der Waals surface area contributed by atoms with Crippen LogP contribution in [0.2, 0.25) is 0 Å². The minimum atomic E-state index is -3.60. The van der Waals surface area contributed by atoms with Gasteiger partial charge in [0.25, 0.3) is 5.56 Å². The van der Waals surface area contributed by atoms with Crippen LogP contribution in [-0.2, 0) is 32.4 Å². The van der Waals surface area contributed by atoms with Crippen molar-refractivity contribution in [1.82, 2.24) is 4.57 Å². The zero-order valence-electron chi connectivity index (χ0n) is 17.5. The number of rotatable bonds is 8. The van der Waals surface area contributed by atoms with Crippen molar-refractivity contribution in [3.8, 4) is 0 Å². The third-order valence-electron chi connectivity index (χ3n) is 4.97. The molecule has 0 unspecified atom stereocenters. The van der Waals surface area contributed by atoms with E-state index in [0.29, 0.717) is 0 Å². The van der Waals surface area contributed by atoms with Crippen LogP contribution in [0, 0.1) is 0 Å². The molecule has 0 aliphatic rings. The highest BCUT2D eigenvalue weighted by Gasteiger charge is 2.26. The number of pyridine rings is 1. The van der Waals surface area contributed by atoms with Crippen molar-refractivity contribution < 1.29 is 17.9 Å². The lowest BCUT2D eigenvalue weighted by atomic mass is 10.1. The van der Waals surface area contributed by atoms with Gasteiger partial charge in [0.15, 0.2) is 9.84 Å². The molecule has 0 spiro atoms. The summed E-state index contributed by atoms with van der Waals surface area (Å²) >= 11 is 0. The third kappa shape index (κ3) is 5.49. The molecule has 0 aliphatic heterocycles. The van der Waals surface area contributed by atoms with E-state index in [0.717, 1.165) is 17.2 Å². The Balaban J connectivity index is 1.92. The van der Waals surface area contributed by atoms with Gasteiger partial charge in [-0.1, -0.05) is 60.7 Å². The molecule has 7 heteroatoms. The Labute approximate surface area is 182 Å². The number of sulfone groups is 1. The second-order valence-electron chi connectivity index (χ2n) is 7.50. The van der Waals surface area contributed by atoms with Gasteiger partial charge in [-0.05, 0) is 31.0 Å². The van der Waals surface area contributed by atoms with E-state index in [2.05, 4.69) is 0 Å². The second-order valence-corrected chi connectivity index (χ2v) is 10.0. The van der Waals surface area contributed by atoms with E-state index < -0.39 is 32.7 Å². The molecule has 0 saturated carbocycles. The lowest BCUT2D eigenvalue weighted by Gasteiger charge is -2.19. The van der Waals surface area contributed by atoms with Crippen LogP contribution in [0.25, 0.3) is 0 Å². The molecule has 3 rings (SSSR count). The highest BCUT2D eigenvalue weighted by Crippen LogP contribution is 2.19. The summed E-state index contributed by atoms with van der Waals surface area (Å²) in [6.45, 7) is 3.19. The molecular weight excluding hydrogens is 414 g/mol. The van der Waals surface area contributed by atoms with Gasteiger partial charge in [0, 0.05) is 18.7 Å². The predicted octanol–water partition coefficient (Wildman–Crippen LogP) is 3.56. The molecule has 162 valence electrons. The topological polar surface area (TPSA) is 82.4 Å². The molecule has 6 nitrogen and oxygen atoms in total. The van der Waals surface area contributed by atoms with Crippen molar-refractivity contribution in [3.05, 3.63) is 100 Å². The maximum Gasteiger partial charge on any atom is 0.329 e.